The lowest BCUT2D eigenvalue weighted by Crippen LogP contribution is -2.16. The van der Waals surface area contributed by atoms with Gasteiger partial charge in [0.2, 0.25) is 0 Å². The average molecular weight is 993 g/mol. The monoisotopic (exact) mass is 992 g/mol. The second kappa shape index (κ2) is 18.2. The van der Waals surface area contributed by atoms with E-state index in [1.165, 1.54) is 21.3 Å². The first kappa shape index (κ1) is 46.5. The summed E-state index contributed by atoms with van der Waals surface area (Å²) in [5.74, 6) is -1.87. The standard InChI is InChI=1S/C65H33F5N6/c66-48-25-46(26-49(67)33-48)47-31-62(75-58-21-17-38(50-13-5-1-9-42(50)34-71)27-54(58)55-28-39(18-22-59(55)75)51-14-6-2-10-43(51)35-72)64(65(68,69)70)63(32-47)76-60-23-19-40(52-15-7-3-11-44(52)36-73)29-56(60)57-30-41(20-24-61(57)76)53-16-8-4-12-45(53)37-74/h1-33H. The zero-order valence-corrected chi connectivity index (χ0v) is 39.6. The summed E-state index contributed by atoms with van der Waals surface area (Å²) in [6.45, 7) is 0. The lowest BCUT2D eigenvalue weighted by molar-refractivity contribution is -0.137. The topological polar surface area (TPSA) is 105 Å². The quantitative estimate of drug-likeness (QED) is 0.148. The zero-order valence-electron chi connectivity index (χ0n) is 39.6. The van der Waals surface area contributed by atoms with Crippen molar-refractivity contribution in [2.75, 3.05) is 0 Å². The van der Waals surface area contributed by atoms with Crippen LogP contribution in [0.15, 0.2) is 200 Å². The first-order valence-electron chi connectivity index (χ1n) is 23.8. The lowest BCUT2D eigenvalue weighted by atomic mass is 9.96. The molecule has 0 aliphatic heterocycles. The number of hydrogen-bond donors (Lipinski definition) is 0. The molecule has 11 heteroatoms. The van der Waals surface area contributed by atoms with Gasteiger partial charge in [-0.1, -0.05) is 97.1 Å². The molecule has 0 aliphatic carbocycles. The van der Waals surface area contributed by atoms with E-state index in [2.05, 4.69) is 24.3 Å². The van der Waals surface area contributed by atoms with Gasteiger partial charge in [0.15, 0.2) is 0 Å². The van der Waals surface area contributed by atoms with Gasteiger partial charge in [-0.15, -0.1) is 0 Å². The number of benzene rings is 10. The molecule has 0 N–H and O–H groups in total. The number of nitriles is 4. The van der Waals surface area contributed by atoms with Gasteiger partial charge in [0.25, 0.3) is 0 Å². The summed E-state index contributed by atoms with van der Waals surface area (Å²) in [4.78, 5) is 0. The van der Waals surface area contributed by atoms with Gasteiger partial charge in [-0.3, -0.25) is 0 Å². The van der Waals surface area contributed by atoms with E-state index in [1.54, 1.807) is 146 Å². The van der Waals surface area contributed by atoms with Crippen molar-refractivity contribution >= 4 is 43.6 Å². The van der Waals surface area contributed by atoms with Crippen LogP contribution in [0.25, 0.3) is 111 Å². The molecule has 0 unspecified atom stereocenters. The summed E-state index contributed by atoms with van der Waals surface area (Å²) in [7, 11) is 0. The Labute approximate surface area is 431 Å². The minimum atomic E-state index is -5.10. The van der Waals surface area contributed by atoms with E-state index in [4.69, 9.17) is 0 Å². The molecule has 12 rings (SSSR count). The molecule has 0 spiro atoms. The third kappa shape index (κ3) is 7.67. The van der Waals surface area contributed by atoms with Crippen molar-refractivity contribution in [3.8, 4) is 91.3 Å². The van der Waals surface area contributed by atoms with Crippen LogP contribution in [-0.4, -0.2) is 9.13 Å². The number of alkyl halides is 3. The molecule has 76 heavy (non-hydrogen) atoms. The van der Waals surface area contributed by atoms with E-state index >= 15 is 22.0 Å². The maximum Gasteiger partial charge on any atom is 0.420 e. The Kier molecular flexibility index (Phi) is 11.1. The Morgan fingerprint density at radius 1 is 0.316 bits per heavy atom. The second-order valence-corrected chi connectivity index (χ2v) is 18.3. The van der Waals surface area contributed by atoms with Gasteiger partial charge in [0, 0.05) is 27.6 Å². The minimum absolute atomic E-state index is 0.0214. The molecule has 2 aromatic heterocycles. The Balaban J connectivity index is 1.23. The number of rotatable bonds is 7. The third-order valence-electron chi connectivity index (χ3n) is 14.0. The predicted octanol–water partition coefficient (Wildman–Crippen LogP) is 17.0. The molecule has 0 aliphatic rings. The number of nitrogens with zero attached hydrogens (tertiary/aromatic N) is 6. The SMILES string of the molecule is N#Cc1ccccc1-c1ccc2c(c1)c1cc(-c3ccccc3C#N)ccc1n2-c1cc(-c2cc(F)cc(F)c2)cc(-n2c3ccc(-c4ccccc4C#N)cc3c3cc(-c4ccccc4C#N)ccc32)c1C(F)(F)F. The van der Waals surface area contributed by atoms with Crippen molar-refractivity contribution in [1.82, 2.24) is 9.13 Å². The second-order valence-electron chi connectivity index (χ2n) is 18.3. The van der Waals surface area contributed by atoms with Gasteiger partial charge < -0.3 is 9.13 Å². The van der Waals surface area contributed by atoms with Crippen LogP contribution in [0.3, 0.4) is 0 Å². The largest absolute Gasteiger partial charge is 0.420 e. The van der Waals surface area contributed by atoms with Gasteiger partial charge in [-0.25, -0.2) is 8.78 Å². The summed E-state index contributed by atoms with van der Waals surface area (Å²) in [6, 6.07) is 63.7. The molecule has 10 aromatic carbocycles. The molecule has 0 bridgehead atoms. The zero-order chi connectivity index (χ0) is 52.4. The van der Waals surface area contributed by atoms with Crippen LogP contribution in [0, 0.1) is 57.0 Å². The van der Waals surface area contributed by atoms with Gasteiger partial charge >= 0.3 is 6.18 Å². The number of halogens is 5. The lowest BCUT2D eigenvalue weighted by Gasteiger charge is -2.23. The van der Waals surface area contributed by atoms with E-state index in [0.717, 1.165) is 12.1 Å². The number of fused-ring (bicyclic) bond motifs is 6. The van der Waals surface area contributed by atoms with Crippen molar-refractivity contribution < 1.29 is 22.0 Å². The Morgan fingerprint density at radius 2 is 0.592 bits per heavy atom. The molecular formula is C65H33F5N6. The summed E-state index contributed by atoms with van der Waals surface area (Å²) in [5, 5.41) is 42.7. The maximum absolute atomic E-state index is 17.0. The van der Waals surface area contributed by atoms with E-state index in [9.17, 15) is 21.0 Å². The molecule has 358 valence electrons. The van der Waals surface area contributed by atoms with Crippen molar-refractivity contribution in [2.24, 2.45) is 0 Å². The van der Waals surface area contributed by atoms with Crippen LogP contribution in [0.4, 0.5) is 22.0 Å². The van der Waals surface area contributed by atoms with Crippen LogP contribution in [0.1, 0.15) is 27.8 Å². The smallest absolute Gasteiger partial charge is 0.309 e. The highest BCUT2D eigenvalue weighted by Gasteiger charge is 2.40. The maximum atomic E-state index is 17.0. The van der Waals surface area contributed by atoms with E-state index < -0.39 is 23.4 Å². The molecule has 6 nitrogen and oxygen atoms in total. The van der Waals surface area contributed by atoms with Gasteiger partial charge in [-0.2, -0.15) is 34.2 Å². The van der Waals surface area contributed by atoms with E-state index in [1.807, 2.05) is 24.3 Å². The van der Waals surface area contributed by atoms with Crippen molar-refractivity contribution in [1.29, 1.82) is 21.0 Å². The Bertz CT molecular complexity index is 4100. The Morgan fingerprint density at radius 3 is 0.868 bits per heavy atom. The summed E-state index contributed by atoms with van der Waals surface area (Å²) in [5.41, 5.74) is 6.19. The normalized spacial score (nSPS) is 11.4. The molecule has 0 amide bonds. The average Bonchev–Trinajstić information content (AvgIpc) is 3.96. The van der Waals surface area contributed by atoms with Crippen LogP contribution in [0.2, 0.25) is 0 Å². The van der Waals surface area contributed by atoms with Crippen LogP contribution in [-0.2, 0) is 6.18 Å². The van der Waals surface area contributed by atoms with E-state index in [0.29, 0.717) is 116 Å². The first-order valence-corrected chi connectivity index (χ1v) is 23.8. The third-order valence-corrected chi connectivity index (χ3v) is 14.0. The molecule has 0 fully saturated rings. The van der Waals surface area contributed by atoms with Crippen molar-refractivity contribution in [2.45, 2.75) is 6.18 Å². The first-order chi connectivity index (χ1) is 37.0. The predicted molar refractivity (Wildman–Crippen MR) is 286 cm³/mol. The van der Waals surface area contributed by atoms with E-state index in [-0.39, 0.29) is 22.5 Å². The molecule has 0 saturated carbocycles. The van der Waals surface area contributed by atoms with Crippen LogP contribution < -0.4 is 0 Å². The van der Waals surface area contributed by atoms with Gasteiger partial charge in [0.05, 0.1) is 80.0 Å². The molecule has 0 saturated heterocycles. The highest BCUT2D eigenvalue weighted by Crippen LogP contribution is 2.48. The summed E-state index contributed by atoms with van der Waals surface area (Å²) < 4.78 is 84.7. The summed E-state index contributed by atoms with van der Waals surface area (Å²) >= 11 is 0. The van der Waals surface area contributed by atoms with Crippen molar-refractivity contribution in [3.05, 3.63) is 240 Å². The highest BCUT2D eigenvalue weighted by atomic mass is 19.4. The molecular weight excluding hydrogens is 960 g/mol. The fraction of sp³-hybridized carbons (Fsp3) is 0.0154. The van der Waals surface area contributed by atoms with Crippen LogP contribution in [0.5, 0.6) is 0 Å². The minimum Gasteiger partial charge on any atom is -0.309 e. The van der Waals surface area contributed by atoms with Crippen molar-refractivity contribution in [3.63, 3.8) is 0 Å². The van der Waals surface area contributed by atoms with Gasteiger partial charge in [0.1, 0.15) is 17.2 Å². The summed E-state index contributed by atoms with van der Waals surface area (Å²) in [6.07, 6.45) is -5.10. The Hall–Kier alpha value is -10.6. The number of hydrogen-bond acceptors (Lipinski definition) is 4. The molecule has 0 atom stereocenters. The van der Waals surface area contributed by atoms with Gasteiger partial charge in [-0.05, 0) is 153 Å². The fourth-order valence-corrected chi connectivity index (χ4v) is 10.7. The molecule has 12 aromatic rings. The number of aromatic nitrogens is 2. The fourth-order valence-electron chi connectivity index (χ4n) is 10.7. The highest BCUT2D eigenvalue weighted by molar-refractivity contribution is 6.14. The van der Waals surface area contributed by atoms with Crippen LogP contribution >= 0.6 is 0 Å². The molecule has 0 radical (unpaired) electrons. The molecule has 2 heterocycles.